The van der Waals surface area contributed by atoms with Gasteiger partial charge in [0, 0.05) is 24.8 Å². The SMILES string of the molecule is CC(C)N(CCCO)S(=O)(=O)c1ccc(F)c(C(N)=S)c1. The molecule has 0 radical (unpaired) electrons. The van der Waals surface area contributed by atoms with E-state index in [0.717, 1.165) is 12.1 Å². The summed E-state index contributed by atoms with van der Waals surface area (Å²) < 4.78 is 40.0. The Labute approximate surface area is 129 Å². The molecular weight excluding hydrogens is 315 g/mol. The van der Waals surface area contributed by atoms with E-state index >= 15 is 0 Å². The molecular formula is C13H19FN2O3S2. The Bertz CT molecular complexity index is 618. The van der Waals surface area contributed by atoms with E-state index in [2.05, 4.69) is 0 Å². The van der Waals surface area contributed by atoms with E-state index in [-0.39, 0.29) is 34.6 Å². The van der Waals surface area contributed by atoms with Gasteiger partial charge in [-0.05, 0) is 38.5 Å². The molecule has 0 heterocycles. The summed E-state index contributed by atoms with van der Waals surface area (Å²) >= 11 is 4.72. The number of nitrogens with two attached hydrogens (primary N) is 1. The van der Waals surface area contributed by atoms with Crippen molar-refractivity contribution in [3.05, 3.63) is 29.6 Å². The van der Waals surface area contributed by atoms with E-state index in [0.29, 0.717) is 6.42 Å². The Morgan fingerprint density at radius 1 is 1.48 bits per heavy atom. The third-order valence-corrected chi connectivity index (χ3v) is 5.21. The Hall–Kier alpha value is -1.09. The first-order valence-corrected chi connectivity index (χ1v) is 8.28. The van der Waals surface area contributed by atoms with Crippen molar-refractivity contribution in [1.29, 1.82) is 0 Å². The fourth-order valence-corrected chi connectivity index (χ4v) is 3.73. The van der Waals surface area contributed by atoms with Crippen LogP contribution in [-0.4, -0.2) is 42.0 Å². The van der Waals surface area contributed by atoms with Crippen molar-refractivity contribution in [2.75, 3.05) is 13.2 Å². The number of nitrogens with zero attached hydrogens (tertiary/aromatic N) is 1. The summed E-state index contributed by atoms with van der Waals surface area (Å²) in [6.45, 7) is 3.52. The van der Waals surface area contributed by atoms with Crippen molar-refractivity contribution in [3.63, 3.8) is 0 Å². The molecule has 1 aromatic rings. The second-order valence-electron chi connectivity index (χ2n) is 4.79. The number of halogens is 1. The smallest absolute Gasteiger partial charge is 0.243 e. The van der Waals surface area contributed by atoms with E-state index in [1.165, 1.54) is 10.4 Å². The third kappa shape index (κ3) is 4.19. The summed E-state index contributed by atoms with van der Waals surface area (Å²) in [6.07, 6.45) is 0.320. The lowest BCUT2D eigenvalue weighted by Gasteiger charge is -2.25. The second-order valence-corrected chi connectivity index (χ2v) is 7.12. The molecule has 0 aliphatic rings. The highest BCUT2D eigenvalue weighted by atomic mass is 32.2. The summed E-state index contributed by atoms with van der Waals surface area (Å²) in [5.41, 5.74) is 5.29. The van der Waals surface area contributed by atoms with Crippen molar-refractivity contribution >= 4 is 27.2 Å². The minimum absolute atomic E-state index is 0.0710. The van der Waals surface area contributed by atoms with Crippen molar-refractivity contribution in [1.82, 2.24) is 4.31 Å². The lowest BCUT2D eigenvalue weighted by Crippen LogP contribution is -2.38. The number of sulfonamides is 1. The predicted molar refractivity (Wildman–Crippen MR) is 83.0 cm³/mol. The molecule has 0 aliphatic heterocycles. The molecule has 21 heavy (non-hydrogen) atoms. The molecule has 0 aliphatic carbocycles. The van der Waals surface area contributed by atoms with E-state index in [4.69, 9.17) is 23.1 Å². The number of aliphatic hydroxyl groups excluding tert-OH is 1. The highest BCUT2D eigenvalue weighted by Crippen LogP contribution is 2.21. The largest absolute Gasteiger partial charge is 0.396 e. The van der Waals surface area contributed by atoms with Crippen LogP contribution in [0.3, 0.4) is 0 Å². The molecule has 118 valence electrons. The fraction of sp³-hybridized carbons (Fsp3) is 0.462. The van der Waals surface area contributed by atoms with Gasteiger partial charge in [-0.15, -0.1) is 0 Å². The average molecular weight is 334 g/mol. The molecule has 1 rings (SSSR count). The van der Waals surface area contributed by atoms with Gasteiger partial charge in [-0.1, -0.05) is 12.2 Å². The molecule has 0 spiro atoms. The van der Waals surface area contributed by atoms with Crippen LogP contribution < -0.4 is 5.73 Å². The monoisotopic (exact) mass is 334 g/mol. The molecule has 1 aromatic carbocycles. The van der Waals surface area contributed by atoms with Gasteiger partial charge in [0.25, 0.3) is 0 Å². The molecule has 0 atom stereocenters. The molecule has 0 saturated carbocycles. The maximum Gasteiger partial charge on any atom is 0.243 e. The van der Waals surface area contributed by atoms with Crippen LogP contribution in [-0.2, 0) is 10.0 Å². The molecule has 0 amide bonds. The summed E-state index contributed by atoms with van der Waals surface area (Å²) in [7, 11) is -3.80. The van der Waals surface area contributed by atoms with Gasteiger partial charge in [0.1, 0.15) is 10.8 Å². The highest BCUT2D eigenvalue weighted by molar-refractivity contribution is 7.89. The van der Waals surface area contributed by atoms with E-state index in [9.17, 15) is 12.8 Å². The number of rotatable bonds is 7. The van der Waals surface area contributed by atoms with Gasteiger partial charge < -0.3 is 10.8 Å². The van der Waals surface area contributed by atoms with Crippen molar-refractivity contribution in [3.8, 4) is 0 Å². The molecule has 0 aromatic heterocycles. The number of benzene rings is 1. The van der Waals surface area contributed by atoms with Crippen LogP contribution in [0.4, 0.5) is 4.39 Å². The Morgan fingerprint density at radius 3 is 2.57 bits per heavy atom. The predicted octanol–water partition coefficient (Wildman–Crippen LogP) is 1.24. The van der Waals surface area contributed by atoms with Crippen LogP contribution in [0.25, 0.3) is 0 Å². The maximum atomic E-state index is 13.6. The Kier molecular flexibility index (Phi) is 6.21. The van der Waals surface area contributed by atoms with Gasteiger partial charge in [0.05, 0.1) is 4.90 Å². The van der Waals surface area contributed by atoms with Gasteiger partial charge in [0.2, 0.25) is 10.0 Å². The van der Waals surface area contributed by atoms with Crippen molar-refractivity contribution in [2.45, 2.75) is 31.2 Å². The lowest BCUT2D eigenvalue weighted by molar-refractivity contribution is 0.258. The molecule has 3 N–H and O–H groups in total. The molecule has 0 unspecified atom stereocenters. The van der Waals surface area contributed by atoms with E-state index < -0.39 is 15.8 Å². The van der Waals surface area contributed by atoms with Crippen LogP contribution in [0.1, 0.15) is 25.8 Å². The lowest BCUT2D eigenvalue weighted by atomic mass is 10.2. The molecule has 0 bridgehead atoms. The highest BCUT2D eigenvalue weighted by Gasteiger charge is 2.27. The first kappa shape index (κ1) is 18.0. The van der Waals surface area contributed by atoms with Gasteiger partial charge in [-0.2, -0.15) is 4.31 Å². The minimum atomic E-state index is -3.80. The van der Waals surface area contributed by atoms with Crippen LogP contribution in [0.2, 0.25) is 0 Å². The van der Waals surface area contributed by atoms with Gasteiger partial charge in [0.15, 0.2) is 0 Å². The van der Waals surface area contributed by atoms with Gasteiger partial charge in [-0.3, -0.25) is 0 Å². The normalized spacial score (nSPS) is 12.1. The minimum Gasteiger partial charge on any atom is -0.396 e. The zero-order chi connectivity index (χ0) is 16.2. The number of thiocarbonyl (C=S) groups is 1. The number of aliphatic hydroxyl groups is 1. The fourth-order valence-electron chi connectivity index (χ4n) is 1.87. The molecule has 5 nitrogen and oxygen atoms in total. The average Bonchev–Trinajstić information content (AvgIpc) is 2.38. The summed E-state index contributed by atoms with van der Waals surface area (Å²) in [5, 5.41) is 8.88. The van der Waals surface area contributed by atoms with Gasteiger partial charge in [-0.25, -0.2) is 12.8 Å². The van der Waals surface area contributed by atoms with E-state index in [1.807, 2.05) is 0 Å². The molecule has 8 heteroatoms. The molecule has 0 saturated heterocycles. The zero-order valence-corrected chi connectivity index (χ0v) is 13.5. The number of hydrogen-bond acceptors (Lipinski definition) is 4. The van der Waals surface area contributed by atoms with Crippen molar-refractivity contribution < 1.29 is 17.9 Å². The van der Waals surface area contributed by atoms with E-state index in [1.54, 1.807) is 13.8 Å². The maximum absolute atomic E-state index is 13.6. The topological polar surface area (TPSA) is 83.6 Å². The Balaban J connectivity index is 3.28. The zero-order valence-electron chi connectivity index (χ0n) is 11.9. The van der Waals surface area contributed by atoms with Crippen LogP contribution in [0.15, 0.2) is 23.1 Å². The summed E-state index contributed by atoms with van der Waals surface area (Å²) in [4.78, 5) is -0.269. The summed E-state index contributed by atoms with van der Waals surface area (Å²) in [5.74, 6) is -0.659. The van der Waals surface area contributed by atoms with Crippen LogP contribution in [0.5, 0.6) is 0 Å². The second kappa shape index (κ2) is 7.26. The number of hydrogen-bond donors (Lipinski definition) is 2. The van der Waals surface area contributed by atoms with Crippen LogP contribution >= 0.6 is 12.2 Å². The summed E-state index contributed by atoms with van der Waals surface area (Å²) in [6, 6.07) is 3.06. The first-order valence-electron chi connectivity index (χ1n) is 6.44. The third-order valence-electron chi connectivity index (χ3n) is 2.92. The quantitative estimate of drug-likeness (QED) is 0.733. The first-order chi connectivity index (χ1) is 9.71. The molecule has 0 fully saturated rings. The van der Waals surface area contributed by atoms with Crippen molar-refractivity contribution in [2.24, 2.45) is 5.73 Å². The standard InChI is InChI=1S/C13H19FN2O3S2/c1-9(2)16(6-3-7-17)21(18,19)10-4-5-12(14)11(8-10)13(15)20/h4-5,8-9,17H,3,6-7H2,1-2H3,(H2,15,20). The Morgan fingerprint density at radius 2 is 2.10 bits per heavy atom. The van der Waals surface area contributed by atoms with Crippen LogP contribution in [0, 0.1) is 5.82 Å². The van der Waals surface area contributed by atoms with Gasteiger partial charge >= 0.3 is 0 Å².